The van der Waals surface area contributed by atoms with E-state index in [0.717, 1.165) is 0 Å². The third kappa shape index (κ3) is 1.89. The van der Waals surface area contributed by atoms with Gasteiger partial charge in [-0.1, -0.05) is 6.08 Å². The Morgan fingerprint density at radius 1 is 1.44 bits per heavy atom. The Kier molecular flexibility index (Phi) is 2.84. The van der Waals surface area contributed by atoms with Crippen LogP contribution in [-0.4, -0.2) is 46.7 Å². The average molecular weight is 230 g/mol. The highest BCUT2D eigenvalue weighted by Crippen LogP contribution is 2.40. The van der Waals surface area contributed by atoms with Gasteiger partial charge in [0.2, 0.25) is 0 Å². The van der Waals surface area contributed by atoms with E-state index in [1.54, 1.807) is 19.9 Å². The largest absolute Gasteiger partial charge is 0.388 e. The molecule has 0 saturated carbocycles. The molecule has 0 spiro atoms. The summed E-state index contributed by atoms with van der Waals surface area (Å²) in [5.74, 6) is -2.28. The van der Waals surface area contributed by atoms with Gasteiger partial charge in [0.1, 0.15) is 18.3 Å². The Balaban J connectivity index is 2.23. The second kappa shape index (κ2) is 3.78. The van der Waals surface area contributed by atoms with E-state index >= 15 is 0 Å². The van der Waals surface area contributed by atoms with Gasteiger partial charge in [-0.15, -0.1) is 6.58 Å². The minimum absolute atomic E-state index is 0.0327. The molecule has 5 heteroatoms. The molecule has 2 heterocycles. The van der Waals surface area contributed by atoms with Crippen molar-refractivity contribution in [1.82, 2.24) is 0 Å². The minimum Gasteiger partial charge on any atom is -0.388 e. The van der Waals surface area contributed by atoms with Crippen LogP contribution in [0, 0.1) is 0 Å². The maximum atomic E-state index is 10.3. The lowest BCUT2D eigenvalue weighted by Crippen LogP contribution is -2.59. The van der Waals surface area contributed by atoms with Gasteiger partial charge in [-0.25, -0.2) is 0 Å². The number of ether oxygens (including phenoxy) is 3. The normalized spacial score (nSPS) is 46.4. The molecule has 0 radical (unpaired) electrons. The number of fused-ring (bicyclic) bond motifs is 1. The average Bonchev–Trinajstić information content (AvgIpc) is 2.51. The van der Waals surface area contributed by atoms with Gasteiger partial charge in [0.05, 0.1) is 6.61 Å². The zero-order chi connectivity index (χ0) is 12.0. The maximum absolute atomic E-state index is 10.3. The van der Waals surface area contributed by atoms with E-state index in [0.29, 0.717) is 0 Å². The van der Waals surface area contributed by atoms with Crippen molar-refractivity contribution in [3.8, 4) is 0 Å². The Labute approximate surface area is 94.6 Å². The Bertz CT molecular complexity index is 290. The first kappa shape index (κ1) is 12.0. The predicted octanol–water partition coefficient (Wildman–Crippen LogP) is 0.162. The lowest BCUT2D eigenvalue weighted by molar-refractivity contribution is -0.300. The predicted molar refractivity (Wildman–Crippen MR) is 55.5 cm³/mol. The van der Waals surface area contributed by atoms with Crippen LogP contribution in [0.15, 0.2) is 12.7 Å². The lowest BCUT2D eigenvalue weighted by Gasteiger charge is -2.40. The van der Waals surface area contributed by atoms with Crippen LogP contribution < -0.4 is 0 Å². The Morgan fingerprint density at radius 2 is 2.12 bits per heavy atom. The first-order valence-electron chi connectivity index (χ1n) is 5.39. The van der Waals surface area contributed by atoms with Crippen LogP contribution in [-0.2, 0) is 14.2 Å². The van der Waals surface area contributed by atoms with Gasteiger partial charge in [-0.3, -0.25) is 0 Å². The quantitative estimate of drug-likeness (QED) is 0.661. The van der Waals surface area contributed by atoms with Gasteiger partial charge in [0, 0.05) is 6.42 Å². The van der Waals surface area contributed by atoms with Crippen molar-refractivity contribution in [2.24, 2.45) is 0 Å². The van der Waals surface area contributed by atoms with Crippen molar-refractivity contribution in [3.63, 3.8) is 0 Å². The van der Waals surface area contributed by atoms with Crippen LogP contribution in [0.2, 0.25) is 0 Å². The zero-order valence-corrected chi connectivity index (χ0v) is 9.55. The molecule has 2 saturated heterocycles. The van der Waals surface area contributed by atoms with Crippen molar-refractivity contribution in [3.05, 3.63) is 12.7 Å². The fraction of sp³-hybridized carbons (Fsp3) is 0.818. The summed E-state index contributed by atoms with van der Waals surface area (Å²) in [6.45, 7) is 7.09. The Morgan fingerprint density at radius 3 is 2.75 bits per heavy atom. The van der Waals surface area contributed by atoms with Crippen LogP contribution in [0.3, 0.4) is 0 Å². The topological polar surface area (TPSA) is 68.2 Å². The van der Waals surface area contributed by atoms with E-state index in [1.165, 1.54) is 0 Å². The van der Waals surface area contributed by atoms with Gasteiger partial charge in [0.15, 0.2) is 11.6 Å². The molecule has 2 aliphatic heterocycles. The van der Waals surface area contributed by atoms with Gasteiger partial charge < -0.3 is 24.4 Å². The van der Waals surface area contributed by atoms with E-state index in [-0.39, 0.29) is 13.0 Å². The Hall–Kier alpha value is -0.460. The lowest BCUT2D eigenvalue weighted by atomic mass is 9.94. The summed E-state index contributed by atoms with van der Waals surface area (Å²) < 4.78 is 16.4. The summed E-state index contributed by atoms with van der Waals surface area (Å²) in [6, 6.07) is 0. The molecule has 2 aliphatic rings. The van der Waals surface area contributed by atoms with Crippen molar-refractivity contribution >= 4 is 0 Å². The highest BCUT2D eigenvalue weighted by atomic mass is 16.8. The summed E-state index contributed by atoms with van der Waals surface area (Å²) in [4.78, 5) is 0. The zero-order valence-electron chi connectivity index (χ0n) is 9.55. The third-order valence-electron chi connectivity index (χ3n) is 2.89. The smallest absolute Gasteiger partial charge is 0.198 e. The standard InChI is InChI=1S/C11H18O5/c1-4-5-11(13)9-8(7(12)6-14-11)15-10(2,3)16-9/h4,7-9,12-13H,1,5-6H2,2-3H3/t7-,8+,9+,11?/m1/s1. The third-order valence-corrected chi connectivity index (χ3v) is 2.89. The fourth-order valence-corrected chi connectivity index (χ4v) is 2.21. The number of rotatable bonds is 2. The first-order valence-corrected chi connectivity index (χ1v) is 5.39. The molecule has 0 amide bonds. The van der Waals surface area contributed by atoms with E-state index in [4.69, 9.17) is 14.2 Å². The van der Waals surface area contributed by atoms with E-state index < -0.39 is 29.9 Å². The number of aliphatic hydroxyl groups excluding tert-OH is 1. The van der Waals surface area contributed by atoms with Gasteiger partial charge >= 0.3 is 0 Å². The fourth-order valence-electron chi connectivity index (χ4n) is 2.21. The molecule has 0 aliphatic carbocycles. The van der Waals surface area contributed by atoms with Crippen LogP contribution in [0.5, 0.6) is 0 Å². The summed E-state index contributed by atoms with van der Waals surface area (Å²) in [7, 11) is 0. The van der Waals surface area contributed by atoms with Gasteiger partial charge in [0.25, 0.3) is 0 Å². The molecule has 2 rings (SSSR count). The molecule has 0 aromatic heterocycles. The molecule has 2 fully saturated rings. The van der Waals surface area contributed by atoms with E-state index in [1.807, 2.05) is 0 Å². The number of aliphatic hydroxyl groups is 2. The summed E-state index contributed by atoms with van der Waals surface area (Å²) >= 11 is 0. The molecule has 4 atom stereocenters. The van der Waals surface area contributed by atoms with Crippen molar-refractivity contribution in [2.75, 3.05) is 6.61 Å². The first-order chi connectivity index (χ1) is 7.38. The summed E-state index contributed by atoms with van der Waals surface area (Å²) in [5, 5.41) is 20.0. The molecular weight excluding hydrogens is 212 g/mol. The molecule has 5 nitrogen and oxygen atoms in total. The van der Waals surface area contributed by atoms with Gasteiger partial charge in [-0.05, 0) is 13.8 Å². The van der Waals surface area contributed by atoms with Gasteiger partial charge in [-0.2, -0.15) is 0 Å². The summed E-state index contributed by atoms with van der Waals surface area (Å²) in [6.07, 6.45) is -0.237. The van der Waals surface area contributed by atoms with E-state index in [2.05, 4.69) is 6.58 Å². The maximum Gasteiger partial charge on any atom is 0.198 e. The second-order valence-corrected chi connectivity index (χ2v) is 4.74. The molecule has 16 heavy (non-hydrogen) atoms. The minimum atomic E-state index is -1.46. The van der Waals surface area contributed by atoms with Crippen LogP contribution in [0.25, 0.3) is 0 Å². The molecule has 0 aromatic rings. The van der Waals surface area contributed by atoms with Crippen molar-refractivity contribution < 1.29 is 24.4 Å². The van der Waals surface area contributed by atoms with Crippen molar-refractivity contribution in [2.45, 2.75) is 50.2 Å². The molecule has 1 unspecified atom stereocenters. The molecular formula is C11H18O5. The SMILES string of the molecule is C=CCC1(O)OC[C@@H](O)[C@@H]2OC(C)(C)O[C@@H]21. The van der Waals surface area contributed by atoms with Crippen molar-refractivity contribution in [1.29, 1.82) is 0 Å². The second-order valence-electron chi connectivity index (χ2n) is 4.74. The summed E-state index contributed by atoms with van der Waals surface area (Å²) in [5.41, 5.74) is 0. The number of hydrogen-bond donors (Lipinski definition) is 2. The number of hydrogen-bond acceptors (Lipinski definition) is 5. The van der Waals surface area contributed by atoms with E-state index in [9.17, 15) is 10.2 Å². The van der Waals surface area contributed by atoms with Crippen LogP contribution in [0.1, 0.15) is 20.3 Å². The highest BCUT2D eigenvalue weighted by molar-refractivity contribution is 5.00. The molecule has 92 valence electrons. The van der Waals surface area contributed by atoms with Crippen LogP contribution in [0.4, 0.5) is 0 Å². The molecule has 0 bridgehead atoms. The molecule has 2 N–H and O–H groups in total. The van der Waals surface area contributed by atoms with Crippen LogP contribution >= 0.6 is 0 Å². The highest BCUT2D eigenvalue weighted by Gasteiger charge is 2.57. The molecule has 0 aromatic carbocycles. The monoisotopic (exact) mass is 230 g/mol.